The molecule has 1 N–H and O–H groups in total. The fourth-order valence-electron chi connectivity index (χ4n) is 1.61. The number of carbonyl (C=O) groups excluding carboxylic acids is 1. The Labute approximate surface area is 106 Å². The number of esters is 1. The van der Waals surface area contributed by atoms with Gasteiger partial charge < -0.3 is 9.72 Å². The van der Waals surface area contributed by atoms with Crippen LogP contribution in [0.2, 0.25) is 0 Å². The second-order valence-electron chi connectivity index (χ2n) is 3.67. The van der Waals surface area contributed by atoms with Crippen LogP contribution >= 0.6 is 15.9 Å². The van der Waals surface area contributed by atoms with E-state index >= 15 is 0 Å². The van der Waals surface area contributed by atoms with Crippen LogP contribution in [0.5, 0.6) is 0 Å². The first-order chi connectivity index (χ1) is 8.04. The summed E-state index contributed by atoms with van der Waals surface area (Å²) in [5, 5.41) is 0.480. The fraction of sp³-hybridized carbons (Fsp3) is 0.167. The van der Waals surface area contributed by atoms with Gasteiger partial charge in [-0.1, -0.05) is 15.9 Å². The third-order valence-corrected chi connectivity index (χ3v) is 3.42. The number of rotatable bonds is 1. The summed E-state index contributed by atoms with van der Waals surface area (Å²) in [7, 11) is 1.25. The normalized spacial score (nSPS) is 10.5. The molecule has 0 bridgehead atoms. The minimum absolute atomic E-state index is 0.0155. The molecule has 1 aromatic heterocycles. The number of halogens is 1. The van der Waals surface area contributed by atoms with Crippen molar-refractivity contribution < 1.29 is 9.53 Å². The molecule has 0 unspecified atom stereocenters. The molecule has 0 radical (unpaired) electrons. The first kappa shape index (κ1) is 11.9. The maximum absolute atomic E-state index is 12.1. The standard InChI is InChI=1S/C12H10BrNO3/c1-6-3-7-10(4-9(6)13)14-5-8(11(7)15)12(16)17-2/h3-5H,1-2H3,(H,14,15). The number of ether oxygens (including phenoxy) is 1. The Morgan fingerprint density at radius 2 is 2.12 bits per heavy atom. The SMILES string of the molecule is COC(=O)c1c[nH]c2cc(Br)c(C)cc2c1=O. The molecule has 0 aliphatic rings. The average molecular weight is 296 g/mol. The van der Waals surface area contributed by atoms with Crippen LogP contribution in [0.4, 0.5) is 0 Å². The van der Waals surface area contributed by atoms with Crippen molar-refractivity contribution in [3.63, 3.8) is 0 Å². The Balaban J connectivity index is 2.80. The summed E-state index contributed by atoms with van der Waals surface area (Å²) in [6.45, 7) is 1.88. The number of H-pyrrole nitrogens is 1. The number of aryl methyl sites for hydroxylation is 1. The topological polar surface area (TPSA) is 59.2 Å². The summed E-state index contributed by atoms with van der Waals surface area (Å²) < 4.78 is 5.46. The molecule has 1 aromatic carbocycles. The Bertz CT molecular complexity index is 661. The van der Waals surface area contributed by atoms with Crippen LogP contribution in [0.15, 0.2) is 27.6 Å². The zero-order valence-electron chi connectivity index (χ0n) is 9.33. The van der Waals surface area contributed by atoms with E-state index in [4.69, 9.17) is 0 Å². The van der Waals surface area contributed by atoms with E-state index in [9.17, 15) is 9.59 Å². The predicted molar refractivity (Wildman–Crippen MR) is 68.3 cm³/mol. The Hall–Kier alpha value is -1.62. The van der Waals surface area contributed by atoms with Gasteiger partial charge in [-0.05, 0) is 24.6 Å². The van der Waals surface area contributed by atoms with Gasteiger partial charge in [0.25, 0.3) is 0 Å². The van der Waals surface area contributed by atoms with Crippen molar-refractivity contribution in [1.82, 2.24) is 4.98 Å². The molecule has 0 atom stereocenters. The van der Waals surface area contributed by atoms with E-state index in [0.29, 0.717) is 10.9 Å². The summed E-state index contributed by atoms with van der Waals surface area (Å²) in [6.07, 6.45) is 1.37. The number of hydrogen-bond donors (Lipinski definition) is 1. The van der Waals surface area contributed by atoms with Gasteiger partial charge >= 0.3 is 5.97 Å². The van der Waals surface area contributed by atoms with Gasteiger partial charge in [-0.2, -0.15) is 0 Å². The number of aromatic amines is 1. The number of benzene rings is 1. The van der Waals surface area contributed by atoms with Crippen LogP contribution in [0.3, 0.4) is 0 Å². The van der Waals surface area contributed by atoms with E-state index in [0.717, 1.165) is 10.0 Å². The van der Waals surface area contributed by atoms with Crippen LogP contribution in [0.1, 0.15) is 15.9 Å². The molecular weight excluding hydrogens is 286 g/mol. The molecule has 1 heterocycles. The lowest BCUT2D eigenvalue weighted by Crippen LogP contribution is -2.17. The van der Waals surface area contributed by atoms with Crippen LogP contribution in [0, 0.1) is 6.92 Å². The Kier molecular flexibility index (Phi) is 3.02. The maximum Gasteiger partial charge on any atom is 0.343 e. The van der Waals surface area contributed by atoms with Gasteiger partial charge in [-0.3, -0.25) is 4.79 Å². The van der Waals surface area contributed by atoms with E-state index < -0.39 is 5.97 Å². The summed E-state index contributed by atoms with van der Waals surface area (Å²) in [4.78, 5) is 26.3. The second-order valence-corrected chi connectivity index (χ2v) is 4.52. The number of nitrogens with one attached hydrogen (secondary N) is 1. The molecule has 88 valence electrons. The van der Waals surface area contributed by atoms with Gasteiger partial charge in [-0.15, -0.1) is 0 Å². The van der Waals surface area contributed by atoms with Crippen LogP contribution in [-0.4, -0.2) is 18.1 Å². The van der Waals surface area contributed by atoms with Crippen LogP contribution < -0.4 is 5.43 Å². The minimum Gasteiger partial charge on any atom is -0.465 e. The summed E-state index contributed by atoms with van der Waals surface area (Å²) in [5.74, 6) is -0.631. The lowest BCUT2D eigenvalue weighted by molar-refractivity contribution is 0.0599. The Morgan fingerprint density at radius 1 is 1.41 bits per heavy atom. The van der Waals surface area contributed by atoms with Crippen molar-refractivity contribution in [1.29, 1.82) is 0 Å². The molecule has 2 rings (SSSR count). The molecule has 2 aromatic rings. The van der Waals surface area contributed by atoms with Crippen LogP contribution in [-0.2, 0) is 4.74 Å². The summed E-state index contributed by atoms with van der Waals surface area (Å²) in [5.41, 5.74) is 1.31. The van der Waals surface area contributed by atoms with Gasteiger partial charge in [0.05, 0.1) is 12.6 Å². The van der Waals surface area contributed by atoms with E-state index in [2.05, 4.69) is 25.7 Å². The predicted octanol–water partition coefficient (Wildman–Crippen LogP) is 2.39. The van der Waals surface area contributed by atoms with Gasteiger partial charge in [0.15, 0.2) is 0 Å². The number of aromatic nitrogens is 1. The summed E-state index contributed by atoms with van der Waals surface area (Å²) in [6, 6.07) is 3.55. The molecular formula is C12H10BrNO3. The largest absolute Gasteiger partial charge is 0.465 e. The molecule has 4 nitrogen and oxygen atoms in total. The minimum atomic E-state index is -0.631. The molecule has 0 spiro atoms. The first-order valence-corrected chi connectivity index (χ1v) is 5.73. The highest BCUT2D eigenvalue weighted by molar-refractivity contribution is 9.10. The first-order valence-electron chi connectivity index (χ1n) is 4.94. The van der Waals surface area contributed by atoms with Crippen LogP contribution in [0.25, 0.3) is 10.9 Å². The molecule has 17 heavy (non-hydrogen) atoms. The van der Waals surface area contributed by atoms with E-state index in [1.165, 1.54) is 13.3 Å². The van der Waals surface area contributed by atoms with E-state index in [-0.39, 0.29) is 11.0 Å². The highest BCUT2D eigenvalue weighted by Crippen LogP contribution is 2.20. The highest BCUT2D eigenvalue weighted by atomic mass is 79.9. The third-order valence-electron chi connectivity index (χ3n) is 2.57. The maximum atomic E-state index is 12.1. The number of methoxy groups -OCH3 is 1. The molecule has 0 saturated carbocycles. The van der Waals surface area contributed by atoms with Gasteiger partial charge in [0.2, 0.25) is 5.43 Å². The number of hydrogen-bond acceptors (Lipinski definition) is 3. The monoisotopic (exact) mass is 295 g/mol. The van der Waals surface area contributed by atoms with Crippen molar-refractivity contribution in [2.45, 2.75) is 6.92 Å². The molecule has 0 aliphatic carbocycles. The number of carbonyl (C=O) groups is 1. The van der Waals surface area contributed by atoms with E-state index in [1.54, 1.807) is 6.07 Å². The average Bonchev–Trinajstić information content (AvgIpc) is 2.31. The van der Waals surface area contributed by atoms with Gasteiger partial charge in [-0.25, -0.2) is 4.79 Å². The second kappa shape index (κ2) is 4.33. The molecule has 5 heteroatoms. The van der Waals surface area contributed by atoms with Crippen molar-refractivity contribution in [3.8, 4) is 0 Å². The number of pyridine rings is 1. The highest BCUT2D eigenvalue weighted by Gasteiger charge is 2.13. The third kappa shape index (κ3) is 1.98. The summed E-state index contributed by atoms with van der Waals surface area (Å²) >= 11 is 3.39. The lowest BCUT2D eigenvalue weighted by Gasteiger charge is -2.04. The molecule has 0 aliphatic heterocycles. The van der Waals surface area contributed by atoms with Gasteiger partial charge in [0.1, 0.15) is 5.56 Å². The Morgan fingerprint density at radius 3 is 2.76 bits per heavy atom. The smallest absolute Gasteiger partial charge is 0.343 e. The van der Waals surface area contributed by atoms with Crippen molar-refractivity contribution in [3.05, 3.63) is 44.2 Å². The molecule has 0 fully saturated rings. The van der Waals surface area contributed by atoms with Crippen molar-refractivity contribution in [2.24, 2.45) is 0 Å². The van der Waals surface area contributed by atoms with Gasteiger partial charge in [0, 0.05) is 16.1 Å². The molecule has 0 saturated heterocycles. The zero-order valence-corrected chi connectivity index (χ0v) is 10.9. The number of fused-ring (bicyclic) bond motifs is 1. The quantitative estimate of drug-likeness (QED) is 0.822. The fourth-order valence-corrected chi connectivity index (χ4v) is 1.95. The zero-order chi connectivity index (χ0) is 12.6. The van der Waals surface area contributed by atoms with Crippen molar-refractivity contribution >= 4 is 32.8 Å². The van der Waals surface area contributed by atoms with Crippen molar-refractivity contribution in [2.75, 3.05) is 7.11 Å². The van der Waals surface area contributed by atoms with E-state index in [1.807, 2.05) is 13.0 Å². The lowest BCUT2D eigenvalue weighted by atomic mass is 10.1. The molecule has 0 amide bonds.